The topological polar surface area (TPSA) is 26.3 Å². The number of rotatable bonds is 4. The summed E-state index contributed by atoms with van der Waals surface area (Å²) in [7, 11) is 0. The fourth-order valence-corrected chi connectivity index (χ4v) is 10.3. The summed E-state index contributed by atoms with van der Waals surface area (Å²) in [6, 6.07) is 21.4. The first-order chi connectivity index (χ1) is 18.4. The van der Waals surface area contributed by atoms with Crippen molar-refractivity contribution in [3.63, 3.8) is 0 Å². The maximum absolute atomic E-state index is 14.4. The van der Waals surface area contributed by atoms with Crippen molar-refractivity contribution in [2.75, 3.05) is 0 Å². The third-order valence-corrected chi connectivity index (χ3v) is 12.1. The van der Waals surface area contributed by atoms with E-state index in [0.29, 0.717) is 42.0 Å². The van der Waals surface area contributed by atoms with E-state index < -0.39 is 5.60 Å². The fraction of sp³-hybridized carbons (Fsp3) is 0.528. The average Bonchev–Trinajstić information content (AvgIpc) is 3.26. The molecule has 0 radical (unpaired) electrons. The number of hydrogen-bond donors (Lipinski definition) is 0. The Balaban J connectivity index is 1.23. The molecule has 0 N–H and O–H groups in total. The van der Waals surface area contributed by atoms with Crippen LogP contribution in [0.1, 0.15) is 83.3 Å². The van der Waals surface area contributed by atoms with Gasteiger partial charge < -0.3 is 4.74 Å². The molecule has 198 valence electrons. The first kappa shape index (κ1) is 24.6. The summed E-state index contributed by atoms with van der Waals surface area (Å²) in [6.45, 7) is 7.19. The van der Waals surface area contributed by atoms with Crippen molar-refractivity contribution in [3.8, 4) is 0 Å². The molecule has 4 bridgehead atoms. The SMILES string of the molecule is C/C(=C/C=C(c1ccccc1)c1ccccc1)[C@H]1CC[C@H]2[C@@H]3CC[C@@H]4C[C@@H]5CC[C@]4(C)[C@@]3(O5)C(=O)C[C@]12C. The number of ketones is 1. The first-order valence-corrected chi connectivity index (χ1v) is 15.1. The third-order valence-electron chi connectivity index (χ3n) is 12.1. The molecule has 8 rings (SSSR count). The van der Waals surface area contributed by atoms with Gasteiger partial charge >= 0.3 is 0 Å². The smallest absolute Gasteiger partial charge is 0.166 e. The van der Waals surface area contributed by atoms with Crippen LogP contribution < -0.4 is 0 Å². The monoisotopic (exact) mass is 506 g/mol. The van der Waals surface area contributed by atoms with E-state index in [-0.39, 0.29) is 10.8 Å². The van der Waals surface area contributed by atoms with Gasteiger partial charge in [-0.05, 0) is 97.7 Å². The largest absolute Gasteiger partial charge is 0.363 e. The van der Waals surface area contributed by atoms with Crippen molar-refractivity contribution in [2.24, 2.45) is 34.5 Å². The highest BCUT2D eigenvalue weighted by molar-refractivity contribution is 5.91. The molecule has 8 atom stereocenters. The van der Waals surface area contributed by atoms with Crippen LogP contribution in [-0.4, -0.2) is 17.5 Å². The Hall–Kier alpha value is -2.45. The van der Waals surface area contributed by atoms with Crippen molar-refractivity contribution < 1.29 is 9.53 Å². The van der Waals surface area contributed by atoms with E-state index in [1.165, 1.54) is 60.8 Å². The maximum atomic E-state index is 14.4. The van der Waals surface area contributed by atoms with Crippen molar-refractivity contribution in [2.45, 2.75) is 83.8 Å². The zero-order valence-electron chi connectivity index (χ0n) is 23.3. The zero-order valence-corrected chi connectivity index (χ0v) is 23.3. The van der Waals surface area contributed by atoms with Gasteiger partial charge in [-0.3, -0.25) is 4.79 Å². The molecule has 2 nitrogen and oxygen atoms in total. The van der Waals surface area contributed by atoms with Gasteiger partial charge in [-0.1, -0.05) is 92.2 Å². The molecule has 4 aliphatic carbocycles. The van der Waals surface area contributed by atoms with Crippen LogP contribution >= 0.6 is 0 Å². The van der Waals surface area contributed by atoms with Crippen LogP contribution in [0, 0.1) is 34.5 Å². The highest BCUT2D eigenvalue weighted by Gasteiger charge is 2.74. The Labute approximate surface area is 228 Å². The quantitative estimate of drug-likeness (QED) is 0.389. The van der Waals surface area contributed by atoms with E-state index in [9.17, 15) is 4.79 Å². The number of allylic oxidation sites excluding steroid dienone is 3. The molecular weight excluding hydrogens is 464 g/mol. The summed E-state index contributed by atoms with van der Waals surface area (Å²) in [5.41, 5.74) is 4.74. The summed E-state index contributed by atoms with van der Waals surface area (Å²) in [6.07, 6.45) is 14.1. The number of benzene rings is 2. The van der Waals surface area contributed by atoms with Gasteiger partial charge in [0.1, 0.15) is 5.60 Å². The van der Waals surface area contributed by atoms with Gasteiger partial charge in [0, 0.05) is 11.8 Å². The van der Waals surface area contributed by atoms with Crippen LogP contribution in [0.25, 0.3) is 5.57 Å². The molecule has 0 unspecified atom stereocenters. The summed E-state index contributed by atoms with van der Waals surface area (Å²) in [5, 5.41) is 0. The van der Waals surface area contributed by atoms with Gasteiger partial charge in [0.15, 0.2) is 5.78 Å². The highest BCUT2D eigenvalue weighted by Crippen LogP contribution is 2.72. The van der Waals surface area contributed by atoms with Gasteiger partial charge in [0.05, 0.1) is 6.10 Å². The predicted octanol–water partition coefficient (Wildman–Crippen LogP) is 8.42. The van der Waals surface area contributed by atoms with E-state index >= 15 is 0 Å². The molecular formula is C36H42O2. The number of ether oxygens (including phenoxy) is 1. The maximum Gasteiger partial charge on any atom is 0.166 e. The number of carbonyl (C=O) groups is 1. The molecule has 0 amide bonds. The van der Waals surface area contributed by atoms with E-state index in [4.69, 9.17) is 4.74 Å². The van der Waals surface area contributed by atoms with Crippen molar-refractivity contribution in [3.05, 3.63) is 89.5 Å². The second kappa shape index (κ2) is 8.78. The molecule has 0 aromatic heterocycles. The number of fused-ring (bicyclic) bond motifs is 3. The minimum Gasteiger partial charge on any atom is -0.363 e. The van der Waals surface area contributed by atoms with Crippen molar-refractivity contribution in [1.82, 2.24) is 0 Å². The van der Waals surface area contributed by atoms with Crippen LogP contribution in [-0.2, 0) is 9.53 Å². The summed E-state index contributed by atoms with van der Waals surface area (Å²) >= 11 is 0. The average molecular weight is 507 g/mol. The van der Waals surface area contributed by atoms with Gasteiger partial charge in [-0.2, -0.15) is 0 Å². The van der Waals surface area contributed by atoms with Gasteiger partial charge in [0.2, 0.25) is 0 Å². The van der Waals surface area contributed by atoms with E-state index in [0.717, 1.165) is 6.42 Å². The minimum atomic E-state index is -0.499. The molecule has 2 aliphatic heterocycles. The zero-order chi connectivity index (χ0) is 26.1. The lowest BCUT2D eigenvalue weighted by Crippen LogP contribution is -2.75. The molecule has 2 heteroatoms. The Morgan fingerprint density at radius 3 is 2.18 bits per heavy atom. The summed E-state index contributed by atoms with van der Waals surface area (Å²) in [5.74, 6) is 2.55. The summed E-state index contributed by atoms with van der Waals surface area (Å²) in [4.78, 5) is 14.4. The van der Waals surface area contributed by atoms with Crippen LogP contribution in [0.2, 0.25) is 0 Å². The lowest BCUT2D eigenvalue weighted by Gasteiger charge is -2.70. The Morgan fingerprint density at radius 1 is 0.842 bits per heavy atom. The predicted molar refractivity (Wildman–Crippen MR) is 153 cm³/mol. The normalized spacial score (nSPS) is 41.4. The Bertz CT molecular complexity index is 1250. The van der Waals surface area contributed by atoms with Crippen molar-refractivity contribution >= 4 is 11.4 Å². The molecule has 2 heterocycles. The second-order valence-electron chi connectivity index (χ2n) is 13.6. The molecule has 4 saturated carbocycles. The highest BCUT2D eigenvalue weighted by atomic mass is 16.5. The molecule has 6 aliphatic rings. The standard InChI is InChI=1S/C36H42O2/c1-24(14-16-29(25-10-6-4-7-11-25)26-12-8-5-9-13-26)30-18-19-31-32-17-15-27-22-28-20-21-35(27,3)36(32,38-28)33(37)23-34(30,31)2/h4-14,16,27-28,30-32H,15,17-23H2,1-3H3/b24-14-/t27-,28+,30-,31+,32+,34-,35+,36+/m1/s1. The van der Waals surface area contributed by atoms with E-state index in [1.807, 2.05) is 0 Å². The van der Waals surface area contributed by atoms with Crippen molar-refractivity contribution in [1.29, 1.82) is 0 Å². The number of carbonyl (C=O) groups excluding carboxylic acids is 1. The van der Waals surface area contributed by atoms with Crippen LogP contribution in [0.3, 0.4) is 0 Å². The van der Waals surface area contributed by atoms with Gasteiger partial charge in [-0.15, -0.1) is 0 Å². The molecule has 2 aromatic carbocycles. The minimum absolute atomic E-state index is 0.0321. The number of hydrogen-bond acceptors (Lipinski definition) is 2. The van der Waals surface area contributed by atoms with Gasteiger partial charge in [-0.25, -0.2) is 0 Å². The molecule has 2 saturated heterocycles. The Kier molecular flexibility index (Phi) is 5.68. The number of Topliss-reactive ketones (excluding diaryl/α,β-unsaturated/α-hetero) is 1. The van der Waals surface area contributed by atoms with E-state index in [2.05, 4.69) is 93.6 Å². The molecule has 6 fully saturated rings. The van der Waals surface area contributed by atoms with Gasteiger partial charge in [0.25, 0.3) is 0 Å². The lowest BCUT2D eigenvalue weighted by atomic mass is 9.40. The summed E-state index contributed by atoms with van der Waals surface area (Å²) < 4.78 is 6.92. The molecule has 2 aromatic rings. The van der Waals surface area contributed by atoms with Crippen LogP contribution in [0.4, 0.5) is 0 Å². The molecule has 38 heavy (non-hydrogen) atoms. The molecule has 1 spiro atoms. The van der Waals surface area contributed by atoms with E-state index in [1.54, 1.807) is 0 Å². The third kappa shape index (κ3) is 3.32. The fourth-order valence-electron chi connectivity index (χ4n) is 10.3. The Morgan fingerprint density at radius 2 is 1.50 bits per heavy atom. The lowest BCUT2D eigenvalue weighted by molar-refractivity contribution is -0.307. The van der Waals surface area contributed by atoms with Crippen LogP contribution in [0.5, 0.6) is 0 Å². The van der Waals surface area contributed by atoms with Crippen LogP contribution in [0.15, 0.2) is 78.4 Å². The second-order valence-corrected chi connectivity index (χ2v) is 13.6. The first-order valence-electron chi connectivity index (χ1n) is 15.1.